The highest BCUT2D eigenvalue weighted by molar-refractivity contribution is 6.23. The Kier molecular flexibility index (Phi) is 4.48. The maximum Gasteiger partial charge on any atom is 0.348 e. The molecule has 1 heterocycles. The number of nitriles is 1. The Bertz CT molecular complexity index is 646. The van der Waals surface area contributed by atoms with Crippen LogP contribution in [0.1, 0.15) is 37.9 Å². The summed E-state index contributed by atoms with van der Waals surface area (Å²) in [6.45, 7) is 5.44. The molecule has 0 radical (unpaired) electrons. The van der Waals surface area contributed by atoms with E-state index in [1.807, 2.05) is 6.07 Å². The number of aliphatic hydroxyl groups excluding tert-OH is 1. The van der Waals surface area contributed by atoms with Gasteiger partial charge in [0.25, 0.3) is 0 Å². The molecule has 0 unspecified atom stereocenters. The van der Waals surface area contributed by atoms with Crippen LogP contribution in [0.3, 0.4) is 0 Å². The van der Waals surface area contributed by atoms with Gasteiger partial charge in [-0.15, -0.1) is 0 Å². The zero-order chi connectivity index (χ0) is 16.3. The van der Waals surface area contributed by atoms with E-state index in [9.17, 15) is 9.90 Å². The number of aliphatic hydroxyl groups is 1. The molecular weight excluding hydrogens is 284 g/mol. The van der Waals surface area contributed by atoms with Crippen LogP contribution in [0.15, 0.2) is 23.2 Å². The minimum Gasteiger partial charge on any atom is -0.485 e. The van der Waals surface area contributed by atoms with Gasteiger partial charge < -0.3 is 14.6 Å². The molecule has 116 valence electrons. The molecule has 0 aliphatic carbocycles. The molecule has 2 atom stereocenters. The first-order valence-electron chi connectivity index (χ1n) is 7.00. The third-order valence-electron chi connectivity index (χ3n) is 3.47. The van der Waals surface area contributed by atoms with Crippen LogP contribution >= 0.6 is 0 Å². The number of nitrogens with zero attached hydrogens (tertiary/aromatic N) is 2. The summed E-state index contributed by atoms with van der Waals surface area (Å²) in [7, 11) is 0. The van der Waals surface area contributed by atoms with Crippen LogP contribution in [0, 0.1) is 11.3 Å². The molecule has 1 aromatic rings. The van der Waals surface area contributed by atoms with Gasteiger partial charge in [-0.25, -0.2) is 4.79 Å². The normalized spacial score (nSPS) is 22.5. The van der Waals surface area contributed by atoms with Crippen LogP contribution in [0.25, 0.3) is 0 Å². The molecule has 1 N–H and O–H groups in total. The molecule has 6 heteroatoms. The fourth-order valence-corrected chi connectivity index (χ4v) is 2.32. The van der Waals surface area contributed by atoms with Gasteiger partial charge in [0, 0.05) is 5.56 Å². The number of hydrogen-bond acceptors (Lipinski definition) is 6. The molecule has 0 saturated carbocycles. The summed E-state index contributed by atoms with van der Waals surface area (Å²) >= 11 is 0. The molecule has 1 aromatic carbocycles. The maximum atomic E-state index is 11.5. The van der Waals surface area contributed by atoms with Crippen molar-refractivity contribution >= 4 is 12.2 Å². The van der Waals surface area contributed by atoms with Crippen molar-refractivity contribution < 1.29 is 19.4 Å². The second kappa shape index (κ2) is 6.16. The summed E-state index contributed by atoms with van der Waals surface area (Å²) in [4.78, 5) is 15.6. The van der Waals surface area contributed by atoms with Gasteiger partial charge in [-0.05, 0) is 39.0 Å². The number of carbonyl (C=O) groups excluding carboxylic acids is 1. The molecule has 2 rings (SSSR count). The fraction of sp³-hybridized carbons (Fsp3) is 0.438. The van der Waals surface area contributed by atoms with Crippen LogP contribution in [0.4, 0.5) is 0 Å². The van der Waals surface area contributed by atoms with Gasteiger partial charge in [-0.2, -0.15) is 5.26 Å². The molecule has 1 aliphatic rings. The van der Waals surface area contributed by atoms with Crippen molar-refractivity contribution in [2.45, 2.75) is 38.5 Å². The fourth-order valence-electron chi connectivity index (χ4n) is 2.32. The van der Waals surface area contributed by atoms with Crippen molar-refractivity contribution in [1.29, 1.82) is 5.26 Å². The van der Waals surface area contributed by atoms with Crippen molar-refractivity contribution in [3.63, 3.8) is 0 Å². The Hall–Kier alpha value is -2.39. The Morgan fingerprint density at radius 3 is 2.95 bits per heavy atom. The highest BCUT2D eigenvalue weighted by atomic mass is 16.5. The largest absolute Gasteiger partial charge is 0.485 e. The average Bonchev–Trinajstić information content (AvgIpc) is 2.47. The zero-order valence-electron chi connectivity index (χ0n) is 12.7. The predicted octanol–water partition coefficient (Wildman–Crippen LogP) is 1.77. The summed E-state index contributed by atoms with van der Waals surface area (Å²) in [5.41, 5.74) is 0.148. The van der Waals surface area contributed by atoms with Crippen molar-refractivity contribution in [2.24, 2.45) is 4.99 Å². The van der Waals surface area contributed by atoms with Gasteiger partial charge in [0.05, 0.1) is 18.2 Å². The van der Waals surface area contributed by atoms with Crippen LogP contribution in [-0.2, 0) is 9.53 Å². The smallest absolute Gasteiger partial charge is 0.348 e. The van der Waals surface area contributed by atoms with Crippen LogP contribution in [0.2, 0.25) is 0 Å². The number of rotatable bonds is 3. The number of carbonyl (C=O) groups is 1. The predicted molar refractivity (Wildman–Crippen MR) is 79.7 cm³/mol. The van der Waals surface area contributed by atoms with Crippen molar-refractivity contribution in [3.05, 3.63) is 29.3 Å². The van der Waals surface area contributed by atoms with Crippen molar-refractivity contribution in [3.8, 4) is 11.8 Å². The molecule has 1 aliphatic heterocycles. The number of benzene rings is 1. The molecule has 22 heavy (non-hydrogen) atoms. The lowest BCUT2D eigenvalue weighted by molar-refractivity contribution is -0.134. The van der Waals surface area contributed by atoms with Gasteiger partial charge in [0.1, 0.15) is 29.7 Å². The van der Waals surface area contributed by atoms with E-state index in [0.29, 0.717) is 16.9 Å². The lowest BCUT2D eigenvalue weighted by Gasteiger charge is -2.40. The number of aliphatic imine (C=N–C) groups is 1. The van der Waals surface area contributed by atoms with E-state index in [4.69, 9.17) is 14.7 Å². The highest BCUT2D eigenvalue weighted by Gasteiger charge is 2.42. The molecule has 0 fully saturated rings. The second-order valence-corrected chi connectivity index (χ2v) is 5.49. The first-order valence-corrected chi connectivity index (χ1v) is 7.00. The van der Waals surface area contributed by atoms with Gasteiger partial charge >= 0.3 is 5.97 Å². The number of fused-ring (bicyclic) bond motifs is 1. The molecule has 0 saturated heterocycles. The Labute approximate surface area is 129 Å². The highest BCUT2D eigenvalue weighted by Crippen LogP contribution is 2.42. The summed E-state index contributed by atoms with van der Waals surface area (Å²) < 4.78 is 10.6. The molecule has 0 bridgehead atoms. The van der Waals surface area contributed by atoms with E-state index in [2.05, 4.69) is 4.99 Å². The van der Waals surface area contributed by atoms with E-state index >= 15 is 0 Å². The molecule has 0 spiro atoms. The van der Waals surface area contributed by atoms with Gasteiger partial charge in [-0.3, -0.25) is 4.99 Å². The minimum absolute atomic E-state index is 0.252. The Balaban J connectivity index is 2.42. The lowest BCUT2D eigenvalue weighted by atomic mass is 9.86. The summed E-state index contributed by atoms with van der Waals surface area (Å²) in [5, 5.41) is 19.5. The van der Waals surface area contributed by atoms with Gasteiger partial charge in [0.15, 0.2) is 0 Å². The van der Waals surface area contributed by atoms with Crippen LogP contribution in [0.5, 0.6) is 5.75 Å². The quantitative estimate of drug-likeness (QED) is 0.678. The first kappa shape index (κ1) is 16.0. The Morgan fingerprint density at radius 2 is 2.32 bits per heavy atom. The summed E-state index contributed by atoms with van der Waals surface area (Å²) in [6.07, 6.45) is 0.0985. The molecular formula is C16H18N2O4. The molecule has 6 nitrogen and oxygen atoms in total. The summed E-state index contributed by atoms with van der Waals surface area (Å²) in [6, 6.07) is 6.26. The maximum absolute atomic E-state index is 11.5. The van der Waals surface area contributed by atoms with E-state index in [1.165, 1.54) is 0 Å². The monoisotopic (exact) mass is 302 g/mol. The Morgan fingerprint density at radius 1 is 1.59 bits per heavy atom. The SMILES string of the molecule is CCOC(=O)C=N[C@H]1c2cc(C#N)ccc2OC(C)(C)[C@@H]1O. The second-order valence-electron chi connectivity index (χ2n) is 5.49. The lowest BCUT2D eigenvalue weighted by Crippen LogP contribution is -2.48. The van der Waals surface area contributed by atoms with E-state index in [-0.39, 0.29) is 6.61 Å². The van der Waals surface area contributed by atoms with Gasteiger partial charge in [0.2, 0.25) is 0 Å². The standard InChI is InChI=1S/C16H18N2O4/c1-4-21-13(19)9-18-14-11-7-10(8-17)5-6-12(11)22-16(2,3)15(14)20/h5-7,9,14-15,20H,4H2,1-3H3/t14-,15+/m0/s1. The number of hydrogen-bond donors (Lipinski definition) is 1. The van der Waals surface area contributed by atoms with Gasteiger partial charge in [-0.1, -0.05) is 0 Å². The summed E-state index contributed by atoms with van der Waals surface area (Å²) in [5.74, 6) is -0.0303. The van der Waals surface area contributed by atoms with E-state index < -0.39 is 23.7 Å². The topological polar surface area (TPSA) is 91.9 Å². The van der Waals surface area contributed by atoms with Crippen molar-refractivity contribution in [1.82, 2.24) is 0 Å². The minimum atomic E-state index is -0.959. The molecule has 0 aromatic heterocycles. The zero-order valence-corrected chi connectivity index (χ0v) is 12.7. The van der Waals surface area contributed by atoms with Crippen LogP contribution in [-0.4, -0.2) is 35.6 Å². The first-order chi connectivity index (χ1) is 10.4. The third kappa shape index (κ3) is 3.10. The molecule has 0 amide bonds. The number of ether oxygens (including phenoxy) is 2. The van der Waals surface area contributed by atoms with E-state index in [1.54, 1.807) is 39.0 Å². The van der Waals surface area contributed by atoms with Crippen molar-refractivity contribution in [2.75, 3.05) is 6.61 Å². The average molecular weight is 302 g/mol. The third-order valence-corrected chi connectivity index (χ3v) is 3.47. The van der Waals surface area contributed by atoms with Crippen LogP contribution < -0.4 is 4.74 Å². The van der Waals surface area contributed by atoms with E-state index in [0.717, 1.165) is 6.21 Å². The number of esters is 1.